The Morgan fingerprint density at radius 2 is 1.47 bits per heavy atom. The number of guanidine groups is 1. The third-order valence-corrected chi connectivity index (χ3v) is 9.05. The van der Waals surface area contributed by atoms with Crippen molar-refractivity contribution in [1.29, 1.82) is 5.26 Å². The van der Waals surface area contributed by atoms with Crippen molar-refractivity contribution < 1.29 is 8.42 Å². The molecule has 7 nitrogen and oxygen atoms in total. The van der Waals surface area contributed by atoms with Gasteiger partial charge in [-0.15, -0.1) is 0 Å². The van der Waals surface area contributed by atoms with Crippen molar-refractivity contribution >= 4 is 16.0 Å². The van der Waals surface area contributed by atoms with Crippen LogP contribution in [0.1, 0.15) is 51.5 Å². The van der Waals surface area contributed by atoms with Crippen molar-refractivity contribution in [3.63, 3.8) is 0 Å². The maximum atomic E-state index is 13.4. The molecule has 8 heteroatoms. The second-order valence-corrected chi connectivity index (χ2v) is 11.4. The maximum absolute atomic E-state index is 13.4. The second kappa shape index (κ2) is 11.9. The molecule has 0 bridgehead atoms. The van der Waals surface area contributed by atoms with Crippen LogP contribution in [0, 0.1) is 11.3 Å². The van der Waals surface area contributed by atoms with Gasteiger partial charge in [0.1, 0.15) is 0 Å². The van der Waals surface area contributed by atoms with Crippen LogP contribution in [0.3, 0.4) is 0 Å². The number of hydrogen-bond donors (Lipinski definition) is 0. The molecular formula is C28H37N5O2S. The molecule has 2 heterocycles. The first-order chi connectivity index (χ1) is 17.5. The van der Waals surface area contributed by atoms with Crippen molar-refractivity contribution in [3.05, 3.63) is 54.1 Å². The van der Waals surface area contributed by atoms with Gasteiger partial charge in [-0.2, -0.15) is 5.26 Å². The number of nitrogens with zero attached hydrogens (tertiary/aromatic N) is 5. The van der Waals surface area contributed by atoms with Gasteiger partial charge < -0.3 is 4.90 Å². The fraction of sp³-hybridized carbons (Fsp3) is 0.500. The molecule has 0 N–H and O–H groups in total. The molecule has 3 aliphatic rings. The van der Waals surface area contributed by atoms with Crippen LogP contribution in [0.15, 0.2) is 58.4 Å². The van der Waals surface area contributed by atoms with Gasteiger partial charge in [0.25, 0.3) is 10.0 Å². The Hall–Kier alpha value is -2.89. The number of piperazine rings is 1. The minimum absolute atomic E-state index is 0.276. The Bertz CT molecular complexity index is 1170. The molecule has 0 aromatic heterocycles. The zero-order valence-corrected chi connectivity index (χ0v) is 22.3. The van der Waals surface area contributed by atoms with Crippen LogP contribution in [-0.2, 0) is 10.0 Å². The van der Waals surface area contributed by atoms with E-state index in [0.717, 1.165) is 43.3 Å². The fourth-order valence-corrected chi connectivity index (χ4v) is 6.07. The van der Waals surface area contributed by atoms with Crippen molar-refractivity contribution in [3.8, 4) is 17.2 Å². The zero-order chi connectivity index (χ0) is 25.5. The average molecular weight is 508 g/mol. The van der Waals surface area contributed by atoms with Crippen LogP contribution in [-0.4, -0.2) is 73.8 Å². The minimum atomic E-state index is -3.67. The number of rotatable bonds is 5. The summed E-state index contributed by atoms with van der Waals surface area (Å²) in [6, 6.07) is 17.0. The molecule has 2 aromatic rings. The normalized spacial score (nSPS) is 18.6. The molecule has 1 saturated heterocycles. The molecule has 2 fully saturated rings. The van der Waals surface area contributed by atoms with E-state index in [4.69, 9.17) is 5.26 Å². The van der Waals surface area contributed by atoms with Crippen molar-refractivity contribution in [2.75, 3.05) is 39.3 Å². The third kappa shape index (κ3) is 5.74. The minimum Gasteiger partial charge on any atom is -0.339 e. The van der Waals surface area contributed by atoms with E-state index in [0.29, 0.717) is 24.6 Å². The van der Waals surface area contributed by atoms with E-state index in [1.807, 2.05) is 24.3 Å². The van der Waals surface area contributed by atoms with Crippen LogP contribution < -0.4 is 0 Å². The summed E-state index contributed by atoms with van der Waals surface area (Å²) in [5.74, 6) is 0.592. The number of unbranched alkanes of at least 4 members (excludes halogenated alkanes) is 1. The van der Waals surface area contributed by atoms with Crippen LogP contribution in [0.4, 0.5) is 0 Å². The fourth-order valence-electron chi connectivity index (χ4n) is 4.63. The molecular weight excluding hydrogens is 470 g/mol. The first kappa shape index (κ1) is 26.2. The number of benzene rings is 2. The SMILES string of the molecule is CCCC.N#Cc1ccc(-c2ccc(S(=O)(=O)N3CCN=C3N3CCN(C4CCC4)CC3)cc2)cc1. The molecule has 36 heavy (non-hydrogen) atoms. The molecule has 0 unspecified atom stereocenters. The van der Waals surface area contributed by atoms with Gasteiger partial charge in [0, 0.05) is 32.2 Å². The van der Waals surface area contributed by atoms with E-state index < -0.39 is 10.0 Å². The van der Waals surface area contributed by atoms with E-state index in [-0.39, 0.29) is 4.90 Å². The lowest BCUT2D eigenvalue weighted by Gasteiger charge is -2.44. The predicted octanol–water partition coefficient (Wildman–Crippen LogP) is 4.56. The largest absolute Gasteiger partial charge is 0.339 e. The number of sulfonamides is 1. The van der Waals surface area contributed by atoms with Crippen LogP contribution in [0.5, 0.6) is 0 Å². The molecule has 0 spiro atoms. The first-order valence-electron chi connectivity index (χ1n) is 13.1. The monoisotopic (exact) mass is 507 g/mol. The molecule has 2 aromatic carbocycles. The Morgan fingerprint density at radius 1 is 0.889 bits per heavy atom. The highest BCUT2D eigenvalue weighted by Gasteiger charge is 2.36. The van der Waals surface area contributed by atoms with Gasteiger partial charge in [-0.05, 0) is 48.2 Å². The lowest BCUT2D eigenvalue weighted by Crippen LogP contribution is -2.56. The Labute approximate surface area is 216 Å². The summed E-state index contributed by atoms with van der Waals surface area (Å²) in [4.78, 5) is 9.51. The Balaban J connectivity index is 0.000000709. The van der Waals surface area contributed by atoms with Gasteiger partial charge in [0.2, 0.25) is 5.96 Å². The topological polar surface area (TPSA) is 80.0 Å². The average Bonchev–Trinajstić information content (AvgIpc) is 3.40. The van der Waals surface area contributed by atoms with Crippen LogP contribution >= 0.6 is 0 Å². The summed E-state index contributed by atoms with van der Waals surface area (Å²) in [5, 5.41) is 8.96. The van der Waals surface area contributed by atoms with E-state index in [9.17, 15) is 8.42 Å². The highest BCUT2D eigenvalue weighted by molar-refractivity contribution is 7.89. The molecule has 192 valence electrons. The molecule has 5 rings (SSSR count). The lowest BCUT2D eigenvalue weighted by molar-refractivity contribution is 0.0833. The predicted molar refractivity (Wildman–Crippen MR) is 144 cm³/mol. The summed E-state index contributed by atoms with van der Waals surface area (Å²) in [5.41, 5.74) is 2.46. The lowest BCUT2D eigenvalue weighted by atomic mass is 9.91. The quantitative estimate of drug-likeness (QED) is 0.593. The molecule has 0 amide bonds. The van der Waals surface area contributed by atoms with Crippen LogP contribution in [0.25, 0.3) is 11.1 Å². The van der Waals surface area contributed by atoms with E-state index >= 15 is 0 Å². The maximum Gasteiger partial charge on any atom is 0.266 e. The standard InChI is InChI=1S/C24H27N5O2S.C4H10/c25-18-19-4-6-20(7-5-19)21-8-10-23(11-9-21)32(30,31)29-13-12-26-24(29)28-16-14-27(15-17-28)22-2-1-3-22;1-3-4-2/h4-11,22H,1-3,12-17H2;3-4H2,1-2H3. The first-order valence-corrected chi connectivity index (χ1v) is 14.6. The number of nitriles is 1. The van der Waals surface area contributed by atoms with E-state index in [1.165, 1.54) is 36.4 Å². The van der Waals surface area contributed by atoms with E-state index in [1.54, 1.807) is 24.3 Å². The van der Waals surface area contributed by atoms with Gasteiger partial charge in [-0.1, -0.05) is 57.4 Å². The van der Waals surface area contributed by atoms with Crippen molar-refractivity contribution in [2.45, 2.75) is 56.9 Å². The number of aliphatic imine (C=N–C) groups is 1. The summed E-state index contributed by atoms with van der Waals surface area (Å²) in [6.45, 7) is 8.82. The summed E-state index contributed by atoms with van der Waals surface area (Å²) >= 11 is 0. The van der Waals surface area contributed by atoms with Gasteiger partial charge in [-0.3, -0.25) is 9.89 Å². The van der Waals surface area contributed by atoms with Crippen LogP contribution in [0.2, 0.25) is 0 Å². The summed E-state index contributed by atoms with van der Waals surface area (Å²) in [6.07, 6.45) is 6.55. The molecule has 0 radical (unpaired) electrons. The Kier molecular flexibility index (Phi) is 8.65. The molecule has 1 saturated carbocycles. The highest BCUT2D eigenvalue weighted by atomic mass is 32.2. The number of hydrogen-bond acceptors (Lipinski definition) is 6. The van der Waals surface area contributed by atoms with E-state index in [2.05, 4.69) is 34.7 Å². The Morgan fingerprint density at radius 3 is 1.97 bits per heavy atom. The van der Waals surface area contributed by atoms with Crippen molar-refractivity contribution in [1.82, 2.24) is 14.1 Å². The van der Waals surface area contributed by atoms with Gasteiger partial charge in [0.15, 0.2) is 0 Å². The molecule has 2 aliphatic heterocycles. The highest BCUT2D eigenvalue weighted by Crippen LogP contribution is 2.28. The molecule has 1 aliphatic carbocycles. The smallest absolute Gasteiger partial charge is 0.266 e. The molecule has 0 atom stereocenters. The summed E-state index contributed by atoms with van der Waals surface area (Å²) in [7, 11) is -3.67. The van der Waals surface area contributed by atoms with Gasteiger partial charge in [-0.25, -0.2) is 12.7 Å². The van der Waals surface area contributed by atoms with Crippen molar-refractivity contribution in [2.24, 2.45) is 4.99 Å². The zero-order valence-electron chi connectivity index (χ0n) is 21.4. The van der Waals surface area contributed by atoms with Gasteiger partial charge in [0.05, 0.1) is 29.6 Å². The third-order valence-electron chi connectivity index (χ3n) is 7.26. The second-order valence-electron chi connectivity index (χ2n) is 9.58. The van der Waals surface area contributed by atoms with Gasteiger partial charge >= 0.3 is 0 Å². The summed E-state index contributed by atoms with van der Waals surface area (Å²) < 4.78 is 28.3.